The Bertz CT molecular complexity index is 2800. The van der Waals surface area contributed by atoms with Gasteiger partial charge in [-0.3, -0.25) is 14.6 Å². The van der Waals surface area contributed by atoms with E-state index < -0.39 is 35.5 Å². The molecule has 0 saturated heterocycles. The van der Waals surface area contributed by atoms with E-state index in [9.17, 15) is 35.9 Å². The number of fused-ring (bicyclic) bond motifs is 2. The number of rotatable bonds is 17. The van der Waals surface area contributed by atoms with Crippen molar-refractivity contribution in [3.8, 4) is 28.7 Å². The lowest BCUT2D eigenvalue weighted by atomic mass is 9.95. The summed E-state index contributed by atoms with van der Waals surface area (Å²) in [5.41, 5.74) is 14.4. The molecule has 0 aromatic heterocycles. The van der Waals surface area contributed by atoms with Gasteiger partial charge in [-0.25, -0.2) is 26.3 Å². The van der Waals surface area contributed by atoms with Crippen molar-refractivity contribution in [1.82, 2.24) is 16.0 Å². The van der Waals surface area contributed by atoms with Crippen LogP contribution in [0.2, 0.25) is 0 Å². The summed E-state index contributed by atoms with van der Waals surface area (Å²) in [6, 6.07) is 33.5. The van der Waals surface area contributed by atoms with E-state index in [1.165, 1.54) is 30.5 Å². The predicted octanol–water partition coefficient (Wildman–Crippen LogP) is 10.4. The summed E-state index contributed by atoms with van der Waals surface area (Å²) < 4.78 is 92.6. The van der Waals surface area contributed by atoms with Crippen LogP contribution in [0.1, 0.15) is 91.9 Å². The Hall–Kier alpha value is -6.79. The molecule has 12 nitrogen and oxygen atoms in total. The highest BCUT2D eigenvalue weighted by Gasteiger charge is 2.58. The number of phenols is 2. The largest absolute Gasteiger partial charge is 0.508 e. The van der Waals surface area contributed by atoms with E-state index in [1.54, 1.807) is 36.4 Å². The molecule has 5 aliphatic rings. The first kappa shape index (κ1) is 60.4. The maximum Gasteiger partial charge on any atom is 0.255 e. The number of nitrogens with two attached hydrogens (primary N) is 1. The maximum atomic E-state index is 12.7. The summed E-state index contributed by atoms with van der Waals surface area (Å²) in [6.45, 7) is 10.9. The van der Waals surface area contributed by atoms with Crippen molar-refractivity contribution in [1.29, 1.82) is 0 Å². The first-order chi connectivity index (χ1) is 37.1. The topological polar surface area (TPSA) is 177 Å². The summed E-state index contributed by atoms with van der Waals surface area (Å²) in [6.07, 6.45) is 3.98. The zero-order chi connectivity index (χ0) is 56.5. The Kier molecular flexibility index (Phi) is 21.8. The van der Waals surface area contributed by atoms with Crippen LogP contribution >= 0.6 is 0 Å². The van der Waals surface area contributed by atoms with Crippen molar-refractivity contribution in [2.75, 3.05) is 52.5 Å². The number of aromatic hydroxyl groups is 2. The maximum absolute atomic E-state index is 12.7. The number of benzene rings is 5. The van der Waals surface area contributed by atoms with Gasteiger partial charge in [-0.2, -0.15) is 0 Å². The molecule has 3 saturated carbocycles. The van der Waals surface area contributed by atoms with Crippen LogP contribution in [0.5, 0.6) is 28.7 Å². The molecule has 2 aliphatic heterocycles. The van der Waals surface area contributed by atoms with Crippen LogP contribution in [0.3, 0.4) is 0 Å². The van der Waals surface area contributed by atoms with Crippen molar-refractivity contribution >= 4 is 17.5 Å². The van der Waals surface area contributed by atoms with E-state index in [2.05, 4.69) is 27.9 Å². The van der Waals surface area contributed by atoms with Crippen LogP contribution in [-0.2, 0) is 41.7 Å². The quantitative estimate of drug-likeness (QED) is 0.0495. The van der Waals surface area contributed by atoms with Gasteiger partial charge in [0, 0.05) is 64.5 Å². The molecule has 0 bridgehead atoms. The van der Waals surface area contributed by atoms with Gasteiger partial charge in [0.15, 0.2) is 0 Å². The number of alkyl halides is 6. The van der Waals surface area contributed by atoms with E-state index in [4.69, 9.17) is 30.2 Å². The van der Waals surface area contributed by atoms with Crippen molar-refractivity contribution in [2.45, 2.75) is 103 Å². The molecule has 0 spiro atoms. The zero-order valence-electron chi connectivity index (χ0n) is 44.7. The molecule has 5 aromatic carbocycles. The number of nitrogens with one attached hydrogen (secondary N) is 3. The molecular weight excluding hydrogens is 1020 g/mol. The molecule has 422 valence electrons. The van der Waals surface area contributed by atoms with E-state index in [0.29, 0.717) is 55.1 Å². The third-order valence-electron chi connectivity index (χ3n) is 13.6. The van der Waals surface area contributed by atoms with Gasteiger partial charge >= 0.3 is 0 Å². The minimum atomic E-state index is -2.54. The Morgan fingerprint density at radius 1 is 0.628 bits per heavy atom. The number of nitrogens with zero attached hydrogens (tertiary/aromatic N) is 1. The fourth-order valence-electron chi connectivity index (χ4n) is 8.58. The van der Waals surface area contributed by atoms with Gasteiger partial charge in [0.25, 0.3) is 17.8 Å². The van der Waals surface area contributed by atoms with Gasteiger partial charge in [-0.05, 0) is 165 Å². The smallest absolute Gasteiger partial charge is 0.255 e. The monoisotopic (exact) mass is 1090 g/mol. The van der Waals surface area contributed by atoms with Crippen LogP contribution in [-0.4, -0.2) is 98.1 Å². The van der Waals surface area contributed by atoms with Crippen LogP contribution in [0, 0.1) is 17.8 Å². The fraction of sp³-hybridized carbons (Fsp3) is 0.450. The number of hydrogen-bond donors (Lipinski definition) is 6. The third kappa shape index (κ3) is 20.2. The number of aliphatic imine (C=N–C) groups is 1. The Morgan fingerprint density at radius 2 is 1.08 bits per heavy atom. The fourth-order valence-corrected chi connectivity index (χ4v) is 8.58. The molecule has 5 aromatic rings. The zero-order valence-corrected chi connectivity index (χ0v) is 44.7. The van der Waals surface area contributed by atoms with Crippen molar-refractivity contribution < 1.29 is 60.4 Å². The SMILES string of the molecule is CC(=O)NCCc1cccc(O)c1.CC(=O)NCCc1cccc(OCC2CC2(F)F)c1.CC1=NCCc2cc(OCC3CC3(F)F)ccc21.CC1NCCc2cc(OCC3CC3(F)F)ccc21.NCCc1cccc(O)c1. The predicted molar refractivity (Wildman–Crippen MR) is 290 cm³/mol. The molecule has 3 aliphatic carbocycles. The lowest BCUT2D eigenvalue weighted by Gasteiger charge is -2.24. The normalized spacial score (nSPS) is 19.9. The van der Waals surface area contributed by atoms with Crippen molar-refractivity contribution in [3.05, 3.63) is 148 Å². The second kappa shape index (κ2) is 28.2. The van der Waals surface area contributed by atoms with Crippen LogP contribution in [0.4, 0.5) is 26.3 Å². The number of ether oxygens (including phenoxy) is 3. The van der Waals surface area contributed by atoms with Crippen LogP contribution in [0.15, 0.2) is 114 Å². The molecule has 4 unspecified atom stereocenters. The minimum absolute atomic E-state index is 0.0276. The van der Waals surface area contributed by atoms with E-state index >= 15 is 0 Å². The summed E-state index contributed by atoms with van der Waals surface area (Å²) in [4.78, 5) is 25.7. The Balaban J connectivity index is 0.000000160. The number of amides is 2. The summed E-state index contributed by atoms with van der Waals surface area (Å²) in [5.74, 6) is -6.89. The molecule has 10 rings (SSSR count). The van der Waals surface area contributed by atoms with Crippen LogP contribution in [0.25, 0.3) is 0 Å². The third-order valence-corrected chi connectivity index (χ3v) is 13.6. The number of phenolic OH excluding ortho intramolecular Hbond substituents is 2. The van der Waals surface area contributed by atoms with E-state index in [1.807, 2.05) is 79.7 Å². The molecule has 2 amide bonds. The highest BCUT2D eigenvalue weighted by molar-refractivity contribution is 6.00. The van der Waals surface area contributed by atoms with E-state index in [0.717, 1.165) is 66.7 Å². The molecular formula is C60H73F6N5O7. The number of carbonyl (C=O) groups is 2. The molecule has 7 N–H and O–H groups in total. The lowest BCUT2D eigenvalue weighted by molar-refractivity contribution is -0.119. The van der Waals surface area contributed by atoms with Gasteiger partial charge in [0.1, 0.15) is 28.7 Å². The van der Waals surface area contributed by atoms with Crippen molar-refractivity contribution in [3.63, 3.8) is 0 Å². The van der Waals surface area contributed by atoms with Gasteiger partial charge in [0.05, 0.1) is 37.6 Å². The highest BCUT2D eigenvalue weighted by Crippen LogP contribution is 2.50. The second-order valence-electron chi connectivity index (χ2n) is 20.2. The molecule has 2 heterocycles. The summed E-state index contributed by atoms with van der Waals surface area (Å²) >= 11 is 0. The van der Waals surface area contributed by atoms with Crippen molar-refractivity contribution in [2.24, 2.45) is 28.5 Å². The second-order valence-corrected chi connectivity index (χ2v) is 20.2. The Morgan fingerprint density at radius 3 is 1.55 bits per heavy atom. The van der Waals surface area contributed by atoms with Gasteiger partial charge < -0.3 is 46.1 Å². The van der Waals surface area contributed by atoms with Gasteiger partial charge in [-0.1, -0.05) is 42.5 Å². The first-order valence-electron chi connectivity index (χ1n) is 26.5. The number of hydrogen-bond acceptors (Lipinski definition) is 10. The first-order valence-corrected chi connectivity index (χ1v) is 26.5. The summed E-state index contributed by atoms with van der Waals surface area (Å²) in [5, 5.41) is 26.9. The van der Waals surface area contributed by atoms with Gasteiger partial charge in [-0.15, -0.1) is 0 Å². The summed E-state index contributed by atoms with van der Waals surface area (Å²) in [7, 11) is 0. The van der Waals surface area contributed by atoms with E-state index in [-0.39, 0.29) is 56.6 Å². The minimum Gasteiger partial charge on any atom is -0.508 e. The molecule has 18 heteroatoms. The van der Waals surface area contributed by atoms with Gasteiger partial charge in [0.2, 0.25) is 11.8 Å². The molecule has 3 fully saturated rings. The lowest BCUT2D eigenvalue weighted by Crippen LogP contribution is -2.27. The number of carbonyl (C=O) groups excluding carboxylic acids is 2. The molecule has 0 radical (unpaired) electrons. The number of halogens is 6. The van der Waals surface area contributed by atoms with Crippen LogP contribution < -0.4 is 35.9 Å². The standard InChI is InChI=1S/C14H17F2NO2.C14H17F2NO.C14H15F2NO.C10H13NO2.C8H11NO/c1-10(18)17-6-5-11-3-2-4-13(7-11)19-9-12-8-14(12,15)16;2*1-9-13-3-2-12(6-10(13)4-5-17-9)18-8-11-7-14(11,15)16;1-8(12)11-6-5-9-3-2-4-10(13)7-9;9-5-4-7-2-1-3-8(10)6-7/h2-4,7,12H,5-6,8-9H2,1H3,(H,17,18);2-3,6,9,11,17H,4-5,7-8H2,1H3;2-3,6,11H,4-5,7-8H2,1H3;2-4,7,13H,5-6H2,1H3,(H,11,12);1-3,6,10H,4-5,9H2. The average Bonchev–Trinajstić information content (AvgIpc) is 4.34. The Labute approximate surface area is 453 Å². The molecule has 78 heavy (non-hydrogen) atoms. The molecule has 4 atom stereocenters. The highest BCUT2D eigenvalue weighted by atomic mass is 19.3. The average molecular weight is 1090 g/mol.